The van der Waals surface area contributed by atoms with Gasteiger partial charge in [0.25, 0.3) is 0 Å². The lowest BCUT2D eigenvalue weighted by molar-refractivity contribution is -0.192. The van der Waals surface area contributed by atoms with Crippen LogP contribution in [-0.2, 0) is 4.79 Å². The molecule has 3 fully saturated rings. The number of anilines is 1. The van der Waals surface area contributed by atoms with Crippen molar-refractivity contribution in [2.24, 2.45) is 10.9 Å². The van der Waals surface area contributed by atoms with Crippen LogP contribution >= 0.6 is 0 Å². The summed E-state index contributed by atoms with van der Waals surface area (Å²) in [6.45, 7) is 4.39. The molecule has 7 nitrogen and oxygen atoms in total. The molecule has 1 spiro atoms. The molecule has 0 saturated carbocycles. The van der Waals surface area contributed by atoms with Crippen molar-refractivity contribution in [3.63, 3.8) is 0 Å². The van der Waals surface area contributed by atoms with Gasteiger partial charge in [0.05, 0.1) is 17.8 Å². The largest absolute Gasteiger partial charge is 0.490 e. The number of amidine groups is 1. The summed E-state index contributed by atoms with van der Waals surface area (Å²) in [5.74, 6) is -0.506. The van der Waals surface area contributed by atoms with E-state index in [4.69, 9.17) is 25.0 Å². The molecule has 1 aromatic carbocycles. The Kier molecular flexibility index (Phi) is 4.68. The van der Waals surface area contributed by atoms with Gasteiger partial charge in [-0.25, -0.2) is 4.79 Å². The van der Waals surface area contributed by atoms with Gasteiger partial charge < -0.3 is 25.5 Å². The van der Waals surface area contributed by atoms with Crippen LogP contribution in [0.5, 0.6) is 0 Å². The van der Waals surface area contributed by atoms with Gasteiger partial charge in [0.1, 0.15) is 5.58 Å². The second-order valence-corrected chi connectivity index (χ2v) is 7.64. The second kappa shape index (κ2) is 6.94. The number of halogens is 3. The molecule has 4 aliphatic rings. The van der Waals surface area contributed by atoms with Gasteiger partial charge in [0.15, 0.2) is 11.6 Å². The minimum absolute atomic E-state index is 0.0945. The van der Waals surface area contributed by atoms with Crippen LogP contribution in [0, 0.1) is 5.92 Å². The lowest BCUT2D eigenvalue weighted by Crippen LogP contribution is -2.66. The summed E-state index contributed by atoms with van der Waals surface area (Å²) in [6, 6.07) is 7.90. The molecule has 2 aromatic rings. The molecule has 2 bridgehead atoms. The average molecular weight is 410 g/mol. The molecular formula is C19H21F3N4O3. The fraction of sp³-hybridized carbons (Fsp3) is 0.474. The summed E-state index contributed by atoms with van der Waals surface area (Å²) in [6.07, 6.45) is -2.54. The van der Waals surface area contributed by atoms with Crippen molar-refractivity contribution in [1.29, 1.82) is 0 Å². The minimum Gasteiger partial charge on any atom is -0.475 e. The number of benzene rings is 1. The number of nitrogen functional groups attached to an aromatic ring is 1. The summed E-state index contributed by atoms with van der Waals surface area (Å²) in [5.41, 5.74) is 7.90. The number of piperidine rings is 3. The number of alkyl halides is 3. The predicted molar refractivity (Wildman–Crippen MR) is 101 cm³/mol. The molecule has 6 rings (SSSR count). The molecule has 4 aliphatic heterocycles. The standard InChI is InChI=1S/C17H20N4O.C2HF3O2/c18-14-12-3-1-2-4-13(12)22-15(14)16-19-9-17(20-16)10-21-7-5-11(17)6-8-21;3-2(4,5)1(6)7/h1-4,11H,5-10,18H2,(H,19,20);(H,6,7). The molecule has 10 heteroatoms. The Morgan fingerprint density at radius 3 is 2.52 bits per heavy atom. The molecular weight excluding hydrogens is 389 g/mol. The summed E-state index contributed by atoms with van der Waals surface area (Å²) in [4.78, 5) is 16.2. The van der Waals surface area contributed by atoms with Gasteiger partial charge in [0.2, 0.25) is 0 Å². The highest BCUT2D eigenvalue weighted by atomic mass is 19.4. The number of nitrogens with zero attached hydrogens (tertiary/aromatic N) is 2. The Labute approximate surface area is 164 Å². The molecule has 4 N–H and O–H groups in total. The first-order valence-electron chi connectivity index (χ1n) is 9.32. The zero-order valence-corrected chi connectivity index (χ0v) is 15.5. The number of nitrogens with one attached hydrogen (secondary N) is 1. The molecule has 0 radical (unpaired) electrons. The van der Waals surface area contributed by atoms with E-state index >= 15 is 0 Å². The van der Waals surface area contributed by atoms with Crippen molar-refractivity contribution < 1.29 is 27.5 Å². The third kappa shape index (κ3) is 3.52. The van der Waals surface area contributed by atoms with Crippen LogP contribution in [-0.4, -0.2) is 59.7 Å². The number of aliphatic carboxylic acids is 1. The number of para-hydroxylation sites is 1. The number of aliphatic imine (C=N–C) groups is 1. The number of hydrogen-bond acceptors (Lipinski definition) is 6. The molecule has 5 heterocycles. The van der Waals surface area contributed by atoms with E-state index in [9.17, 15) is 13.2 Å². The Morgan fingerprint density at radius 1 is 1.31 bits per heavy atom. The van der Waals surface area contributed by atoms with Crippen molar-refractivity contribution >= 4 is 28.5 Å². The van der Waals surface area contributed by atoms with Gasteiger partial charge in [-0.2, -0.15) is 13.2 Å². The number of rotatable bonds is 1. The SMILES string of the molecule is Nc1c(C2=NCC3(CN4CCC3CC4)N2)oc2ccccc12.O=C(O)C(F)(F)F. The molecule has 1 aromatic heterocycles. The average Bonchev–Trinajstić information content (AvgIpc) is 3.24. The third-order valence-corrected chi connectivity index (χ3v) is 5.85. The summed E-state index contributed by atoms with van der Waals surface area (Å²) >= 11 is 0. The van der Waals surface area contributed by atoms with E-state index in [1.807, 2.05) is 24.3 Å². The highest BCUT2D eigenvalue weighted by Gasteiger charge is 2.50. The van der Waals surface area contributed by atoms with Crippen molar-refractivity contribution in [2.45, 2.75) is 24.6 Å². The summed E-state index contributed by atoms with van der Waals surface area (Å²) in [7, 11) is 0. The highest BCUT2D eigenvalue weighted by Crippen LogP contribution is 2.39. The maximum absolute atomic E-state index is 10.6. The van der Waals surface area contributed by atoms with E-state index in [-0.39, 0.29) is 5.54 Å². The Balaban J connectivity index is 0.000000255. The van der Waals surface area contributed by atoms with Crippen LogP contribution in [0.1, 0.15) is 18.6 Å². The Hall–Kier alpha value is -2.75. The van der Waals surface area contributed by atoms with Crippen molar-refractivity contribution in [2.75, 3.05) is 31.9 Å². The molecule has 156 valence electrons. The van der Waals surface area contributed by atoms with Crippen LogP contribution in [0.4, 0.5) is 18.9 Å². The molecule has 3 saturated heterocycles. The van der Waals surface area contributed by atoms with Gasteiger partial charge >= 0.3 is 12.1 Å². The fourth-order valence-electron chi connectivity index (χ4n) is 4.40. The quantitative estimate of drug-likeness (QED) is 0.667. The minimum atomic E-state index is -5.08. The lowest BCUT2D eigenvalue weighted by atomic mass is 9.73. The number of nitrogens with two attached hydrogens (primary N) is 1. The molecule has 0 aliphatic carbocycles. The van der Waals surface area contributed by atoms with E-state index < -0.39 is 12.1 Å². The Bertz CT molecular complexity index is 963. The molecule has 1 atom stereocenters. The number of carboxylic acids is 1. The van der Waals surface area contributed by atoms with Crippen LogP contribution in [0.25, 0.3) is 11.0 Å². The zero-order valence-electron chi connectivity index (χ0n) is 15.5. The summed E-state index contributed by atoms with van der Waals surface area (Å²) < 4.78 is 37.7. The maximum Gasteiger partial charge on any atom is 0.490 e. The lowest BCUT2D eigenvalue weighted by Gasteiger charge is -2.51. The predicted octanol–water partition coefficient (Wildman–Crippen LogP) is 2.46. The van der Waals surface area contributed by atoms with Gasteiger partial charge in [-0.1, -0.05) is 12.1 Å². The van der Waals surface area contributed by atoms with Crippen LogP contribution in [0.2, 0.25) is 0 Å². The first-order chi connectivity index (χ1) is 13.7. The van der Waals surface area contributed by atoms with Crippen LogP contribution in [0.3, 0.4) is 0 Å². The normalized spacial score (nSPS) is 28.0. The van der Waals surface area contributed by atoms with E-state index in [2.05, 4.69) is 10.2 Å². The molecule has 0 amide bonds. The first kappa shape index (κ1) is 19.6. The number of furan rings is 1. The van der Waals surface area contributed by atoms with Crippen molar-refractivity contribution in [1.82, 2.24) is 10.2 Å². The van der Waals surface area contributed by atoms with Crippen molar-refractivity contribution in [3.8, 4) is 0 Å². The number of hydrogen-bond donors (Lipinski definition) is 3. The third-order valence-electron chi connectivity index (χ3n) is 5.85. The number of fused-ring (bicyclic) bond motifs is 3. The van der Waals surface area contributed by atoms with Gasteiger partial charge in [0, 0.05) is 11.9 Å². The number of carboxylic acid groups (broad SMARTS) is 1. The monoisotopic (exact) mass is 410 g/mol. The smallest absolute Gasteiger partial charge is 0.475 e. The summed E-state index contributed by atoms with van der Waals surface area (Å²) in [5, 5.41) is 11.8. The molecule has 29 heavy (non-hydrogen) atoms. The van der Waals surface area contributed by atoms with E-state index in [1.54, 1.807) is 0 Å². The van der Waals surface area contributed by atoms with Gasteiger partial charge in [-0.15, -0.1) is 0 Å². The maximum atomic E-state index is 10.6. The zero-order chi connectivity index (χ0) is 20.8. The topological polar surface area (TPSA) is 104 Å². The van der Waals surface area contributed by atoms with Crippen LogP contribution < -0.4 is 11.1 Å². The van der Waals surface area contributed by atoms with Crippen molar-refractivity contribution in [3.05, 3.63) is 30.0 Å². The highest BCUT2D eigenvalue weighted by molar-refractivity contribution is 6.08. The fourth-order valence-corrected chi connectivity index (χ4v) is 4.40. The first-order valence-corrected chi connectivity index (χ1v) is 9.32. The van der Waals surface area contributed by atoms with Gasteiger partial charge in [-0.3, -0.25) is 4.99 Å². The van der Waals surface area contributed by atoms with Crippen LogP contribution in [0.15, 0.2) is 33.7 Å². The van der Waals surface area contributed by atoms with Gasteiger partial charge in [-0.05, 0) is 44.0 Å². The Morgan fingerprint density at radius 2 is 1.97 bits per heavy atom. The molecule has 1 unspecified atom stereocenters. The van der Waals surface area contributed by atoms with E-state index in [0.717, 1.165) is 29.9 Å². The second-order valence-electron chi connectivity index (χ2n) is 7.64. The van der Waals surface area contributed by atoms with E-state index in [0.29, 0.717) is 17.4 Å². The number of carbonyl (C=O) groups is 1. The van der Waals surface area contributed by atoms with E-state index in [1.165, 1.54) is 25.9 Å².